The van der Waals surface area contributed by atoms with E-state index in [1.165, 1.54) is 19.3 Å². The van der Waals surface area contributed by atoms with Gasteiger partial charge in [0, 0.05) is 6.54 Å². The summed E-state index contributed by atoms with van der Waals surface area (Å²) >= 11 is 0. The smallest absolute Gasteiger partial charge is 0.308 e. The molecular formula is C11H19NO2. The van der Waals surface area contributed by atoms with E-state index in [2.05, 4.69) is 4.90 Å². The number of likely N-dealkylation sites (tertiary alicyclic amines) is 1. The molecule has 1 saturated carbocycles. The quantitative estimate of drug-likeness (QED) is 0.744. The van der Waals surface area contributed by atoms with Crippen LogP contribution in [0.3, 0.4) is 0 Å². The summed E-state index contributed by atoms with van der Waals surface area (Å²) in [5.74, 6) is -0.194. The van der Waals surface area contributed by atoms with Gasteiger partial charge in [0.15, 0.2) is 0 Å². The summed E-state index contributed by atoms with van der Waals surface area (Å²) in [6.07, 6.45) is 6.07. The van der Waals surface area contributed by atoms with E-state index in [0.717, 1.165) is 32.5 Å². The molecule has 1 heterocycles. The highest BCUT2D eigenvalue weighted by molar-refractivity contribution is 5.71. The number of hydrogen-bond acceptors (Lipinski definition) is 2. The van der Waals surface area contributed by atoms with E-state index in [0.29, 0.717) is 5.92 Å². The van der Waals surface area contributed by atoms with E-state index in [1.807, 2.05) is 0 Å². The zero-order valence-electron chi connectivity index (χ0n) is 8.61. The molecule has 0 amide bonds. The number of carbonyl (C=O) groups is 1. The molecule has 1 atom stereocenters. The summed E-state index contributed by atoms with van der Waals surface area (Å²) < 4.78 is 0. The van der Waals surface area contributed by atoms with Crippen molar-refractivity contribution >= 4 is 5.97 Å². The molecule has 0 aromatic rings. The molecule has 80 valence electrons. The Hall–Kier alpha value is -0.570. The average Bonchev–Trinajstić information content (AvgIpc) is 2.99. The van der Waals surface area contributed by atoms with Crippen LogP contribution in [-0.4, -0.2) is 35.6 Å². The third kappa shape index (κ3) is 2.47. The van der Waals surface area contributed by atoms with Crippen molar-refractivity contribution < 1.29 is 9.90 Å². The van der Waals surface area contributed by atoms with Crippen LogP contribution in [0.15, 0.2) is 0 Å². The highest BCUT2D eigenvalue weighted by atomic mass is 16.4. The maximum Gasteiger partial charge on any atom is 0.308 e. The second-order valence-electron chi connectivity index (χ2n) is 4.64. The zero-order valence-corrected chi connectivity index (χ0v) is 8.61. The second kappa shape index (κ2) is 4.30. The Morgan fingerprint density at radius 1 is 1.29 bits per heavy atom. The lowest BCUT2D eigenvalue weighted by atomic mass is 10.0. The Morgan fingerprint density at radius 3 is 2.43 bits per heavy atom. The number of aliphatic carboxylic acids is 1. The fourth-order valence-corrected chi connectivity index (χ4v) is 2.35. The topological polar surface area (TPSA) is 40.5 Å². The Bertz CT molecular complexity index is 207. The summed E-state index contributed by atoms with van der Waals surface area (Å²) in [7, 11) is 0. The number of carboxylic acid groups (broad SMARTS) is 1. The number of hydrogen-bond donors (Lipinski definition) is 1. The van der Waals surface area contributed by atoms with Crippen LogP contribution in [0.4, 0.5) is 0 Å². The van der Waals surface area contributed by atoms with Gasteiger partial charge in [-0.15, -0.1) is 0 Å². The predicted octanol–water partition coefficient (Wildman–Crippen LogP) is 1.58. The molecule has 2 fully saturated rings. The molecule has 0 bridgehead atoms. The van der Waals surface area contributed by atoms with Crippen LogP contribution in [0.25, 0.3) is 0 Å². The second-order valence-corrected chi connectivity index (χ2v) is 4.64. The van der Waals surface area contributed by atoms with E-state index in [1.54, 1.807) is 0 Å². The summed E-state index contributed by atoms with van der Waals surface area (Å²) in [6.45, 7) is 3.01. The average molecular weight is 197 g/mol. The molecule has 3 heteroatoms. The molecule has 3 nitrogen and oxygen atoms in total. The van der Waals surface area contributed by atoms with Crippen LogP contribution in [0, 0.1) is 11.8 Å². The number of nitrogens with zero attached hydrogens (tertiary/aromatic N) is 1. The van der Waals surface area contributed by atoms with Crippen LogP contribution in [0.5, 0.6) is 0 Å². The van der Waals surface area contributed by atoms with Crippen molar-refractivity contribution in [1.29, 1.82) is 0 Å². The Balaban J connectivity index is 1.82. The van der Waals surface area contributed by atoms with Gasteiger partial charge in [-0.3, -0.25) is 4.79 Å². The van der Waals surface area contributed by atoms with Crippen LogP contribution in [-0.2, 0) is 4.79 Å². The Kier molecular flexibility index (Phi) is 3.06. The molecule has 0 aromatic carbocycles. The molecule has 0 radical (unpaired) electrons. The Labute approximate surface area is 85.1 Å². The summed E-state index contributed by atoms with van der Waals surface area (Å²) in [6, 6.07) is 0. The van der Waals surface area contributed by atoms with Crippen LogP contribution >= 0.6 is 0 Å². The monoisotopic (exact) mass is 197 g/mol. The summed E-state index contributed by atoms with van der Waals surface area (Å²) in [5.41, 5.74) is 0. The minimum Gasteiger partial charge on any atom is -0.481 e. The van der Waals surface area contributed by atoms with Crippen molar-refractivity contribution in [2.24, 2.45) is 11.8 Å². The summed E-state index contributed by atoms with van der Waals surface area (Å²) in [4.78, 5) is 13.4. The standard InChI is InChI=1S/C11H19NO2/c13-11(14)10(9-4-5-9)8-12-6-2-1-3-7-12/h9-10H,1-8H2,(H,13,14). The summed E-state index contributed by atoms with van der Waals surface area (Å²) in [5, 5.41) is 9.09. The maximum atomic E-state index is 11.0. The molecule has 0 aromatic heterocycles. The van der Waals surface area contributed by atoms with Gasteiger partial charge in [0.1, 0.15) is 0 Å². The lowest BCUT2D eigenvalue weighted by molar-refractivity contribution is -0.143. The van der Waals surface area contributed by atoms with E-state index < -0.39 is 5.97 Å². The molecule has 1 aliphatic carbocycles. The van der Waals surface area contributed by atoms with Crippen LogP contribution < -0.4 is 0 Å². The van der Waals surface area contributed by atoms with Gasteiger partial charge in [0.2, 0.25) is 0 Å². The number of carboxylic acids is 1. The molecule has 0 spiro atoms. The largest absolute Gasteiger partial charge is 0.481 e. The van der Waals surface area contributed by atoms with Crippen molar-refractivity contribution in [2.45, 2.75) is 32.1 Å². The SMILES string of the molecule is O=C(O)C(CN1CCCCC1)C1CC1. The van der Waals surface area contributed by atoms with Crippen molar-refractivity contribution in [3.8, 4) is 0 Å². The molecule has 1 aliphatic heterocycles. The fourth-order valence-electron chi connectivity index (χ4n) is 2.35. The van der Waals surface area contributed by atoms with Gasteiger partial charge in [0.25, 0.3) is 0 Å². The van der Waals surface area contributed by atoms with E-state index in [-0.39, 0.29) is 5.92 Å². The van der Waals surface area contributed by atoms with Crippen molar-refractivity contribution in [3.63, 3.8) is 0 Å². The first-order valence-corrected chi connectivity index (χ1v) is 5.72. The van der Waals surface area contributed by atoms with E-state index in [9.17, 15) is 4.79 Å². The maximum absolute atomic E-state index is 11.0. The molecule has 2 aliphatic rings. The number of rotatable bonds is 4. The third-order valence-corrected chi connectivity index (χ3v) is 3.41. The highest BCUT2D eigenvalue weighted by Crippen LogP contribution is 2.37. The molecular weight excluding hydrogens is 178 g/mol. The molecule has 14 heavy (non-hydrogen) atoms. The molecule has 2 rings (SSSR count). The molecule has 1 saturated heterocycles. The van der Waals surface area contributed by atoms with E-state index in [4.69, 9.17) is 5.11 Å². The van der Waals surface area contributed by atoms with Gasteiger partial charge in [-0.2, -0.15) is 0 Å². The fraction of sp³-hybridized carbons (Fsp3) is 0.909. The van der Waals surface area contributed by atoms with Crippen molar-refractivity contribution in [2.75, 3.05) is 19.6 Å². The van der Waals surface area contributed by atoms with Crippen molar-refractivity contribution in [1.82, 2.24) is 4.90 Å². The van der Waals surface area contributed by atoms with Gasteiger partial charge in [0.05, 0.1) is 5.92 Å². The third-order valence-electron chi connectivity index (χ3n) is 3.41. The first kappa shape index (κ1) is 9.97. The first-order valence-electron chi connectivity index (χ1n) is 5.72. The van der Waals surface area contributed by atoms with Crippen molar-refractivity contribution in [3.05, 3.63) is 0 Å². The van der Waals surface area contributed by atoms with Crippen LogP contribution in [0.1, 0.15) is 32.1 Å². The minimum atomic E-state index is -0.585. The minimum absolute atomic E-state index is 0.0897. The first-order chi connectivity index (χ1) is 6.77. The van der Waals surface area contributed by atoms with Gasteiger partial charge >= 0.3 is 5.97 Å². The molecule has 1 N–H and O–H groups in total. The predicted molar refractivity (Wildman–Crippen MR) is 54.1 cm³/mol. The van der Waals surface area contributed by atoms with Gasteiger partial charge < -0.3 is 10.0 Å². The zero-order chi connectivity index (χ0) is 9.97. The lowest BCUT2D eigenvalue weighted by Crippen LogP contribution is -2.37. The van der Waals surface area contributed by atoms with Gasteiger partial charge in [-0.05, 0) is 44.7 Å². The molecule has 1 unspecified atom stereocenters. The van der Waals surface area contributed by atoms with Gasteiger partial charge in [-0.1, -0.05) is 6.42 Å². The number of piperidine rings is 1. The van der Waals surface area contributed by atoms with E-state index >= 15 is 0 Å². The highest BCUT2D eigenvalue weighted by Gasteiger charge is 2.37. The van der Waals surface area contributed by atoms with Gasteiger partial charge in [-0.25, -0.2) is 0 Å². The van der Waals surface area contributed by atoms with Crippen LogP contribution in [0.2, 0.25) is 0 Å². The normalized spacial score (nSPS) is 26.0. The Morgan fingerprint density at radius 2 is 1.93 bits per heavy atom. The lowest BCUT2D eigenvalue weighted by Gasteiger charge is -2.28.